The lowest BCUT2D eigenvalue weighted by Crippen LogP contribution is -2.33. The van der Waals surface area contributed by atoms with Crippen molar-refractivity contribution >= 4 is 16.9 Å². The molecule has 3 aromatic rings. The highest BCUT2D eigenvalue weighted by molar-refractivity contribution is 5.95. The fraction of sp³-hybridized carbons (Fsp3) is 0.333. The molecule has 1 aliphatic rings. The number of halogens is 2. The van der Waals surface area contributed by atoms with Gasteiger partial charge in [0.05, 0.1) is 22.6 Å². The van der Waals surface area contributed by atoms with Crippen LogP contribution in [0.3, 0.4) is 0 Å². The van der Waals surface area contributed by atoms with Crippen LogP contribution in [0.25, 0.3) is 11.0 Å². The molecular weight excluding hydrogens is 348 g/mol. The van der Waals surface area contributed by atoms with Gasteiger partial charge < -0.3 is 9.47 Å². The van der Waals surface area contributed by atoms with E-state index in [4.69, 9.17) is 4.98 Å². The summed E-state index contributed by atoms with van der Waals surface area (Å²) in [7, 11) is 0. The van der Waals surface area contributed by atoms with E-state index in [1.165, 1.54) is 12.1 Å². The van der Waals surface area contributed by atoms with Crippen molar-refractivity contribution in [3.8, 4) is 0 Å². The molecule has 0 spiro atoms. The minimum absolute atomic E-state index is 0.163. The second kappa shape index (κ2) is 6.76. The summed E-state index contributed by atoms with van der Waals surface area (Å²) >= 11 is 0. The number of likely N-dealkylation sites (tertiary alicyclic amines) is 1. The second-order valence-corrected chi connectivity index (χ2v) is 7.18. The first-order valence-electron chi connectivity index (χ1n) is 9.21. The number of benzene rings is 2. The van der Waals surface area contributed by atoms with Crippen LogP contribution in [0.2, 0.25) is 0 Å². The van der Waals surface area contributed by atoms with Crippen molar-refractivity contribution in [2.75, 3.05) is 6.54 Å². The number of rotatable bonds is 3. The molecule has 0 unspecified atom stereocenters. The number of aromatic nitrogens is 2. The van der Waals surface area contributed by atoms with Gasteiger partial charge in [-0.25, -0.2) is 13.8 Å². The highest BCUT2D eigenvalue weighted by Gasteiger charge is 2.35. The van der Waals surface area contributed by atoms with Crippen LogP contribution in [0.4, 0.5) is 8.78 Å². The molecule has 0 radical (unpaired) electrons. The van der Waals surface area contributed by atoms with Crippen molar-refractivity contribution < 1.29 is 13.6 Å². The molecule has 1 aliphatic heterocycles. The van der Waals surface area contributed by atoms with E-state index in [1.54, 1.807) is 4.90 Å². The van der Waals surface area contributed by atoms with Gasteiger partial charge in [-0.05, 0) is 51.0 Å². The number of carbonyl (C=O) groups is 1. The first-order valence-corrected chi connectivity index (χ1v) is 9.21. The molecule has 1 fully saturated rings. The summed E-state index contributed by atoms with van der Waals surface area (Å²) in [5.74, 6) is -1.79. The van der Waals surface area contributed by atoms with Crippen molar-refractivity contribution in [1.82, 2.24) is 14.5 Å². The quantitative estimate of drug-likeness (QED) is 0.660. The van der Waals surface area contributed by atoms with Crippen LogP contribution in [-0.2, 0) is 0 Å². The van der Waals surface area contributed by atoms with Crippen molar-refractivity contribution in [3.63, 3.8) is 0 Å². The zero-order valence-corrected chi connectivity index (χ0v) is 15.3. The van der Waals surface area contributed by atoms with Gasteiger partial charge in [0.1, 0.15) is 5.82 Å². The normalized spacial score (nSPS) is 17.2. The Morgan fingerprint density at radius 2 is 1.93 bits per heavy atom. The van der Waals surface area contributed by atoms with Crippen LogP contribution in [0.5, 0.6) is 0 Å². The van der Waals surface area contributed by atoms with E-state index in [-0.39, 0.29) is 17.6 Å². The number of para-hydroxylation sites is 2. The molecule has 2 heterocycles. The van der Waals surface area contributed by atoms with Crippen molar-refractivity contribution in [3.05, 3.63) is 65.5 Å². The van der Waals surface area contributed by atoms with E-state index >= 15 is 0 Å². The fourth-order valence-electron chi connectivity index (χ4n) is 3.94. The lowest BCUT2D eigenvalue weighted by atomic mass is 10.1. The average Bonchev–Trinajstić information content (AvgIpc) is 3.27. The van der Waals surface area contributed by atoms with Gasteiger partial charge in [-0.2, -0.15) is 0 Å². The van der Waals surface area contributed by atoms with E-state index in [0.29, 0.717) is 6.54 Å². The number of hydrogen-bond acceptors (Lipinski definition) is 2. The van der Waals surface area contributed by atoms with E-state index in [0.717, 1.165) is 35.8 Å². The topological polar surface area (TPSA) is 38.1 Å². The summed E-state index contributed by atoms with van der Waals surface area (Å²) < 4.78 is 29.9. The van der Waals surface area contributed by atoms with Crippen molar-refractivity contribution in [1.29, 1.82) is 0 Å². The standard InChI is InChI=1S/C21H21F2N3O/c1-13(2)26-17-10-4-3-9-16(17)24-20(26)18-11-6-12-25(18)21(27)14-7-5-8-15(22)19(14)23/h3-5,7-10,13,18H,6,11-12H2,1-2H3/t18-/m1/s1. The van der Waals surface area contributed by atoms with Gasteiger partial charge in [0.25, 0.3) is 5.91 Å². The smallest absolute Gasteiger partial charge is 0.257 e. The minimum atomic E-state index is -1.09. The number of nitrogens with zero attached hydrogens (tertiary/aromatic N) is 3. The maximum absolute atomic E-state index is 14.2. The van der Waals surface area contributed by atoms with Crippen LogP contribution < -0.4 is 0 Å². The van der Waals surface area contributed by atoms with Gasteiger partial charge in [0.2, 0.25) is 0 Å². The third kappa shape index (κ3) is 2.89. The Morgan fingerprint density at radius 1 is 1.15 bits per heavy atom. The summed E-state index contributed by atoms with van der Waals surface area (Å²) in [6.45, 7) is 4.65. The molecule has 6 heteroatoms. The highest BCUT2D eigenvalue weighted by atomic mass is 19.2. The summed E-state index contributed by atoms with van der Waals surface area (Å²) in [4.78, 5) is 19.4. The highest BCUT2D eigenvalue weighted by Crippen LogP contribution is 2.36. The lowest BCUT2D eigenvalue weighted by molar-refractivity contribution is 0.0721. The van der Waals surface area contributed by atoms with Crippen LogP contribution in [-0.4, -0.2) is 26.9 Å². The molecule has 0 N–H and O–H groups in total. The van der Waals surface area contributed by atoms with E-state index in [2.05, 4.69) is 18.4 Å². The molecule has 1 saturated heterocycles. The van der Waals surface area contributed by atoms with Gasteiger partial charge in [-0.15, -0.1) is 0 Å². The zero-order chi connectivity index (χ0) is 19.1. The molecule has 0 bridgehead atoms. The van der Waals surface area contributed by atoms with E-state index in [1.807, 2.05) is 24.3 Å². The maximum atomic E-state index is 14.2. The van der Waals surface area contributed by atoms with E-state index in [9.17, 15) is 13.6 Å². The third-order valence-corrected chi connectivity index (χ3v) is 5.13. The number of imidazole rings is 1. The fourth-order valence-corrected chi connectivity index (χ4v) is 3.94. The van der Waals surface area contributed by atoms with Crippen LogP contribution >= 0.6 is 0 Å². The summed E-state index contributed by atoms with van der Waals surface area (Å²) in [6.07, 6.45) is 1.55. The Bertz CT molecular complexity index is 1010. The number of carbonyl (C=O) groups excluding carboxylic acids is 1. The van der Waals surface area contributed by atoms with Gasteiger partial charge in [-0.3, -0.25) is 4.79 Å². The third-order valence-electron chi connectivity index (χ3n) is 5.13. The Balaban J connectivity index is 1.78. The summed E-state index contributed by atoms with van der Waals surface area (Å²) in [5, 5.41) is 0. The Labute approximate surface area is 156 Å². The van der Waals surface area contributed by atoms with Crippen LogP contribution in [0.1, 0.15) is 55.0 Å². The van der Waals surface area contributed by atoms with Crippen LogP contribution in [0.15, 0.2) is 42.5 Å². The minimum Gasteiger partial charge on any atom is -0.328 e. The van der Waals surface area contributed by atoms with Crippen molar-refractivity contribution in [2.45, 2.75) is 38.8 Å². The van der Waals surface area contributed by atoms with Crippen molar-refractivity contribution in [2.24, 2.45) is 0 Å². The predicted octanol–water partition coefficient (Wildman–Crippen LogP) is 4.87. The largest absolute Gasteiger partial charge is 0.328 e. The zero-order valence-electron chi connectivity index (χ0n) is 15.3. The Kier molecular flexibility index (Phi) is 4.42. The molecular formula is C21H21F2N3O. The molecule has 1 amide bonds. The van der Waals surface area contributed by atoms with Gasteiger partial charge in [0.15, 0.2) is 11.6 Å². The Hall–Kier alpha value is -2.76. The predicted molar refractivity (Wildman–Crippen MR) is 99.5 cm³/mol. The number of fused-ring (bicyclic) bond motifs is 1. The van der Waals surface area contributed by atoms with E-state index < -0.39 is 17.5 Å². The molecule has 0 aliphatic carbocycles. The molecule has 4 nitrogen and oxygen atoms in total. The maximum Gasteiger partial charge on any atom is 0.257 e. The number of amides is 1. The monoisotopic (exact) mass is 369 g/mol. The molecule has 27 heavy (non-hydrogen) atoms. The summed E-state index contributed by atoms with van der Waals surface area (Å²) in [6, 6.07) is 11.5. The average molecular weight is 369 g/mol. The molecule has 0 saturated carbocycles. The van der Waals surface area contributed by atoms with Gasteiger partial charge in [-0.1, -0.05) is 18.2 Å². The Morgan fingerprint density at radius 3 is 2.70 bits per heavy atom. The molecule has 1 aromatic heterocycles. The first-order chi connectivity index (χ1) is 13.0. The SMILES string of the molecule is CC(C)n1c([C@H]2CCCN2C(=O)c2cccc(F)c2F)nc2ccccc21. The first kappa shape index (κ1) is 17.6. The lowest BCUT2D eigenvalue weighted by Gasteiger charge is -2.26. The summed E-state index contributed by atoms with van der Waals surface area (Å²) in [5.41, 5.74) is 1.66. The van der Waals surface area contributed by atoms with Gasteiger partial charge >= 0.3 is 0 Å². The molecule has 140 valence electrons. The molecule has 1 atom stereocenters. The van der Waals surface area contributed by atoms with Crippen LogP contribution in [0, 0.1) is 11.6 Å². The molecule has 2 aromatic carbocycles. The molecule has 4 rings (SSSR count). The number of hydrogen-bond donors (Lipinski definition) is 0. The van der Waals surface area contributed by atoms with Gasteiger partial charge in [0, 0.05) is 12.6 Å². The second-order valence-electron chi connectivity index (χ2n) is 7.18.